The number of unbranched alkanes of at least 4 members (excludes halogenated alkanes) is 5. The molecule has 0 amide bonds. The van der Waals surface area contributed by atoms with Gasteiger partial charge in [-0.05, 0) is 75.5 Å². The van der Waals surface area contributed by atoms with Gasteiger partial charge in [0.05, 0.1) is 12.7 Å². The number of aliphatic hydroxyl groups is 1. The highest BCUT2D eigenvalue weighted by atomic mass is 16.5. The predicted molar refractivity (Wildman–Crippen MR) is 134 cm³/mol. The minimum atomic E-state index is -0.378. The van der Waals surface area contributed by atoms with Gasteiger partial charge in [-0.25, -0.2) is 0 Å². The first-order chi connectivity index (χ1) is 13.9. The molecule has 2 heteroatoms. The van der Waals surface area contributed by atoms with Crippen molar-refractivity contribution in [2.75, 3.05) is 6.61 Å². The van der Waals surface area contributed by atoms with E-state index in [2.05, 4.69) is 53.7 Å². The lowest BCUT2D eigenvalue weighted by atomic mass is 9.84. The minimum Gasteiger partial charge on any atom is -0.493 e. The molecule has 0 aliphatic heterocycles. The Balaban J connectivity index is 0.00000841. The van der Waals surface area contributed by atoms with E-state index in [1.54, 1.807) is 0 Å². The molecule has 0 saturated carbocycles. The monoisotopic (exact) mass is 420 g/mol. The molecule has 0 radical (unpaired) electrons. The van der Waals surface area contributed by atoms with Gasteiger partial charge in [-0.1, -0.05) is 78.9 Å². The van der Waals surface area contributed by atoms with E-state index in [1.165, 1.54) is 61.7 Å². The summed E-state index contributed by atoms with van der Waals surface area (Å²) in [7, 11) is 0. The van der Waals surface area contributed by atoms with Crippen molar-refractivity contribution >= 4 is 0 Å². The lowest BCUT2D eigenvalue weighted by Crippen LogP contribution is -2.23. The molecule has 3 atom stereocenters. The molecule has 0 spiro atoms. The smallest absolute Gasteiger partial charge is 0.121 e. The van der Waals surface area contributed by atoms with Crippen LogP contribution in [0.25, 0.3) is 0 Å². The zero-order valence-electron chi connectivity index (χ0n) is 20.2. The van der Waals surface area contributed by atoms with Crippen LogP contribution in [0.3, 0.4) is 0 Å². The third kappa shape index (κ3) is 10.8. The van der Waals surface area contributed by atoms with Gasteiger partial charge in [-0.3, -0.25) is 0 Å². The molecule has 1 N–H and O–H groups in total. The van der Waals surface area contributed by atoms with E-state index in [4.69, 9.17) is 4.74 Å². The molecule has 0 saturated heterocycles. The van der Waals surface area contributed by atoms with E-state index in [1.807, 2.05) is 0 Å². The molecule has 1 rings (SSSR count). The lowest BCUT2D eigenvalue weighted by molar-refractivity contribution is 0.154. The van der Waals surface area contributed by atoms with E-state index < -0.39 is 0 Å². The maximum Gasteiger partial charge on any atom is 0.121 e. The summed E-state index contributed by atoms with van der Waals surface area (Å²) in [6.07, 6.45) is 17.5. The zero-order chi connectivity index (χ0) is 21.6. The highest BCUT2D eigenvalue weighted by Gasteiger charge is 2.26. The van der Waals surface area contributed by atoms with Crippen LogP contribution in [0.4, 0.5) is 0 Å². The molecule has 0 aromatic heterocycles. The summed E-state index contributed by atoms with van der Waals surface area (Å²) in [6.45, 7) is 14.1. The number of hydrogen-bond donors (Lipinski definition) is 1. The van der Waals surface area contributed by atoms with Crippen LogP contribution >= 0.6 is 0 Å². The maximum absolute atomic E-state index is 10.4. The standard InChI is InChI=1S/C27H48O2.CH4/c1-7-9-10-11-12-13-19-29-27-24(6)23(5)26(28)20-25(27)18-17-22(4)16-14-15-21(3)8-2;/h15,20,22-23,26,28H,7-14,16-19H2,1-6H3;1H4/b21-15+;. The van der Waals surface area contributed by atoms with Crippen molar-refractivity contribution < 1.29 is 9.84 Å². The van der Waals surface area contributed by atoms with E-state index in [-0.39, 0.29) is 19.4 Å². The van der Waals surface area contributed by atoms with Crippen LogP contribution < -0.4 is 0 Å². The van der Waals surface area contributed by atoms with Crippen LogP contribution in [-0.2, 0) is 4.74 Å². The van der Waals surface area contributed by atoms with Crippen LogP contribution in [0.15, 0.2) is 34.6 Å². The summed E-state index contributed by atoms with van der Waals surface area (Å²) in [5.41, 5.74) is 3.94. The molecule has 176 valence electrons. The van der Waals surface area contributed by atoms with Crippen LogP contribution in [-0.4, -0.2) is 17.8 Å². The van der Waals surface area contributed by atoms with E-state index in [0.29, 0.717) is 5.92 Å². The number of rotatable bonds is 15. The Kier molecular flexibility index (Phi) is 16.1. The molecule has 2 nitrogen and oxygen atoms in total. The second-order valence-corrected chi connectivity index (χ2v) is 9.22. The van der Waals surface area contributed by atoms with Crippen molar-refractivity contribution in [3.05, 3.63) is 34.6 Å². The summed E-state index contributed by atoms with van der Waals surface area (Å²) in [6, 6.07) is 0. The van der Waals surface area contributed by atoms with Crippen molar-refractivity contribution in [3.8, 4) is 0 Å². The first-order valence-electron chi connectivity index (χ1n) is 12.3. The van der Waals surface area contributed by atoms with Gasteiger partial charge in [0.1, 0.15) is 5.76 Å². The first kappa shape index (κ1) is 29.0. The Morgan fingerprint density at radius 1 is 1.13 bits per heavy atom. The fraction of sp³-hybridized carbons (Fsp3) is 0.786. The lowest BCUT2D eigenvalue weighted by Gasteiger charge is -2.29. The average Bonchev–Trinajstić information content (AvgIpc) is 2.71. The number of hydrogen-bond acceptors (Lipinski definition) is 2. The van der Waals surface area contributed by atoms with Crippen LogP contribution in [0.2, 0.25) is 0 Å². The van der Waals surface area contributed by atoms with Gasteiger partial charge in [0, 0.05) is 5.92 Å². The van der Waals surface area contributed by atoms with Crippen LogP contribution in [0, 0.1) is 11.8 Å². The van der Waals surface area contributed by atoms with Crippen molar-refractivity contribution in [2.24, 2.45) is 11.8 Å². The SMILES string of the molecule is C.CCCCCCCCOC1=C(C)C(C)C(O)C=C1CCC(C)CC/C=C(\C)CC. The number of ether oxygens (including phenoxy) is 1. The molecule has 0 aromatic rings. The zero-order valence-corrected chi connectivity index (χ0v) is 20.2. The van der Waals surface area contributed by atoms with Gasteiger partial charge in [-0.15, -0.1) is 0 Å². The maximum atomic E-state index is 10.4. The molecule has 1 aliphatic carbocycles. The van der Waals surface area contributed by atoms with E-state index in [9.17, 15) is 5.11 Å². The molecule has 3 unspecified atom stereocenters. The topological polar surface area (TPSA) is 29.5 Å². The molecule has 0 heterocycles. The third-order valence-electron chi connectivity index (χ3n) is 6.58. The minimum absolute atomic E-state index is 0. The molecule has 0 aromatic carbocycles. The van der Waals surface area contributed by atoms with Gasteiger partial charge in [0.2, 0.25) is 0 Å². The second kappa shape index (κ2) is 16.6. The van der Waals surface area contributed by atoms with Gasteiger partial charge in [0.15, 0.2) is 0 Å². The largest absolute Gasteiger partial charge is 0.493 e. The number of aliphatic hydroxyl groups excluding tert-OH is 1. The van der Waals surface area contributed by atoms with E-state index in [0.717, 1.165) is 38.0 Å². The highest BCUT2D eigenvalue weighted by molar-refractivity contribution is 5.37. The van der Waals surface area contributed by atoms with Crippen molar-refractivity contribution in [3.63, 3.8) is 0 Å². The van der Waals surface area contributed by atoms with Crippen molar-refractivity contribution in [1.82, 2.24) is 0 Å². The quantitative estimate of drug-likeness (QED) is 0.212. The molecule has 0 fully saturated rings. The van der Waals surface area contributed by atoms with Gasteiger partial charge < -0.3 is 9.84 Å². The summed E-state index contributed by atoms with van der Waals surface area (Å²) < 4.78 is 6.28. The van der Waals surface area contributed by atoms with Gasteiger partial charge in [-0.2, -0.15) is 0 Å². The Bertz CT molecular complexity index is 541. The average molecular weight is 421 g/mol. The summed E-state index contributed by atoms with van der Waals surface area (Å²) in [5, 5.41) is 10.4. The Morgan fingerprint density at radius 2 is 1.80 bits per heavy atom. The van der Waals surface area contributed by atoms with Gasteiger partial charge >= 0.3 is 0 Å². The molecule has 0 bridgehead atoms. The fourth-order valence-electron chi connectivity index (χ4n) is 3.91. The predicted octanol–water partition coefficient (Wildman–Crippen LogP) is 8.76. The van der Waals surface area contributed by atoms with E-state index >= 15 is 0 Å². The normalized spacial score (nSPS) is 20.6. The third-order valence-corrected chi connectivity index (χ3v) is 6.58. The summed E-state index contributed by atoms with van der Waals surface area (Å²) in [4.78, 5) is 0. The molecular formula is C28H52O2. The molecular weight excluding hydrogens is 368 g/mol. The van der Waals surface area contributed by atoms with Crippen LogP contribution in [0.5, 0.6) is 0 Å². The number of allylic oxidation sites excluding steroid dienone is 3. The first-order valence-corrected chi connectivity index (χ1v) is 12.3. The van der Waals surface area contributed by atoms with Gasteiger partial charge in [0.25, 0.3) is 0 Å². The van der Waals surface area contributed by atoms with Crippen molar-refractivity contribution in [1.29, 1.82) is 0 Å². The summed E-state index contributed by atoms with van der Waals surface area (Å²) >= 11 is 0. The van der Waals surface area contributed by atoms with Crippen LogP contribution in [0.1, 0.15) is 120 Å². The fourth-order valence-corrected chi connectivity index (χ4v) is 3.91. The Morgan fingerprint density at radius 3 is 2.47 bits per heavy atom. The van der Waals surface area contributed by atoms with Crippen molar-refractivity contribution in [2.45, 2.75) is 126 Å². The molecule has 30 heavy (non-hydrogen) atoms. The Labute approximate surface area is 188 Å². The molecule has 1 aliphatic rings. The summed E-state index contributed by atoms with van der Waals surface area (Å²) in [5.74, 6) is 1.91. The second-order valence-electron chi connectivity index (χ2n) is 9.22. The Hall–Kier alpha value is -1.02. The highest BCUT2D eigenvalue weighted by Crippen LogP contribution is 2.34.